The van der Waals surface area contributed by atoms with Crippen LogP contribution in [0.5, 0.6) is 0 Å². The van der Waals surface area contributed by atoms with Crippen molar-refractivity contribution in [3.8, 4) is 0 Å². The molecular formula is C20H30N6O3. The van der Waals surface area contributed by atoms with Crippen LogP contribution in [0, 0.1) is 25.7 Å². The van der Waals surface area contributed by atoms with Crippen molar-refractivity contribution in [2.45, 2.75) is 65.8 Å². The number of nitrogens with one attached hydrogen (secondary N) is 1. The maximum Gasteiger partial charge on any atom is 0.306 e. The molecule has 0 unspecified atom stereocenters. The van der Waals surface area contributed by atoms with Crippen molar-refractivity contribution in [2.24, 2.45) is 11.8 Å². The van der Waals surface area contributed by atoms with Crippen molar-refractivity contribution in [3.63, 3.8) is 0 Å². The Labute approximate surface area is 170 Å². The zero-order valence-corrected chi connectivity index (χ0v) is 17.6. The standard InChI is InChI=1S/C20H30N6O3/c1-11-6-5-7-16(12(11)2)23-17(27)10-29-18(28)9-8-15-13(3)22-20-24-19(21)25-26(20)14(15)4/h11-12,16H,5-10H2,1-4H3,(H2,21,25)(H,23,27)/t11-,12+,16-/m0/s1. The van der Waals surface area contributed by atoms with Crippen molar-refractivity contribution >= 4 is 23.6 Å². The molecule has 0 aromatic carbocycles. The molecule has 2 heterocycles. The highest BCUT2D eigenvalue weighted by molar-refractivity contribution is 5.80. The smallest absolute Gasteiger partial charge is 0.306 e. The van der Waals surface area contributed by atoms with Crippen LogP contribution < -0.4 is 11.1 Å². The first-order valence-electron chi connectivity index (χ1n) is 10.2. The Morgan fingerprint density at radius 2 is 2.00 bits per heavy atom. The number of ether oxygens (including phenoxy) is 1. The van der Waals surface area contributed by atoms with Crippen LogP contribution in [0.4, 0.5) is 5.95 Å². The first kappa shape index (κ1) is 21.0. The third-order valence-corrected chi connectivity index (χ3v) is 6.06. The number of nitrogens with two attached hydrogens (primary N) is 1. The van der Waals surface area contributed by atoms with E-state index in [1.807, 2.05) is 13.8 Å². The Hall–Kier alpha value is -2.71. The van der Waals surface area contributed by atoms with Gasteiger partial charge >= 0.3 is 5.97 Å². The van der Waals surface area contributed by atoms with Gasteiger partial charge in [0, 0.05) is 23.9 Å². The van der Waals surface area contributed by atoms with Crippen LogP contribution in [0.25, 0.3) is 5.78 Å². The fourth-order valence-electron chi connectivity index (χ4n) is 4.07. The van der Waals surface area contributed by atoms with Crippen molar-refractivity contribution in [1.29, 1.82) is 0 Å². The van der Waals surface area contributed by atoms with Crippen LogP contribution in [-0.2, 0) is 20.7 Å². The lowest BCUT2D eigenvalue weighted by Crippen LogP contribution is -2.45. The number of anilines is 1. The maximum absolute atomic E-state index is 12.2. The molecule has 0 saturated heterocycles. The number of esters is 1. The number of aryl methyl sites for hydroxylation is 2. The van der Waals surface area contributed by atoms with Gasteiger partial charge in [0.15, 0.2) is 6.61 Å². The maximum atomic E-state index is 12.2. The lowest BCUT2D eigenvalue weighted by atomic mass is 9.78. The Morgan fingerprint density at radius 3 is 2.76 bits per heavy atom. The van der Waals surface area contributed by atoms with Gasteiger partial charge in [-0.25, -0.2) is 4.98 Å². The van der Waals surface area contributed by atoms with E-state index < -0.39 is 5.97 Å². The minimum atomic E-state index is -0.415. The van der Waals surface area contributed by atoms with Crippen molar-refractivity contribution in [2.75, 3.05) is 12.3 Å². The third kappa shape index (κ3) is 4.83. The number of nitrogens with zero attached hydrogens (tertiary/aromatic N) is 4. The SMILES string of the molecule is Cc1nc2nc(N)nn2c(C)c1CCC(=O)OCC(=O)N[C@H]1CCC[C@H](C)[C@H]1C. The molecule has 0 radical (unpaired) electrons. The summed E-state index contributed by atoms with van der Waals surface area (Å²) in [7, 11) is 0. The molecule has 3 N–H and O–H groups in total. The van der Waals surface area contributed by atoms with Gasteiger partial charge in [0.25, 0.3) is 11.7 Å². The van der Waals surface area contributed by atoms with E-state index in [0.29, 0.717) is 24.0 Å². The number of carbonyl (C=O) groups is 2. The number of nitrogen functional groups attached to an aromatic ring is 1. The first-order chi connectivity index (χ1) is 13.8. The van der Waals surface area contributed by atoms with E-state index in [-0.39, 0.29) is 30.9 Å². The van der Waals surface area contributed by atoms with Crippen molar-refractivity contribution in [3.05, 3.63) is 17.0 Å². The van der Waals surface area contributed by atoms with Gasteiger partial charge in [0.2, 0.25) is 5.95 Å². The monoisotopic (exact) mass is 402 g/mol. The molecule has 9 nitrogen and oxygen atoms in total. The van der Waals surface area contributed by atoms with E-state index in [1.165, 1.54) is 6.42 Å². The molecule has 1 aliphatic rings. The minimum Gasteiger partial charge on any atom is -0.456 e. The summed E-state index contributed by atoms with van der Waals surface area (Å²) in [6.45, 7) is 7.88. The fourth-order valence-corrected chi connectivity index (χ4v) is 4.07. The van der Waals surface area contributed by atoms with Gasteiger partial charge in [-0.2, -0.15) is 9.50 Å². The summed E-state index contributed by atoms with van der Waals surface area (Å²) >= 11 is 0. The Kier molecular flexibility index (Phi) is 6.34. The molecule has 0 spiro atoms. The first-order valence-corrected chi connectivity index (χ1v) is 10.2. The van der Waals surface area contributed by atoms with E-state index in [4.69, 9.17) is 10.5 Å². The summed E-state index contributed by atoms with van der Waals surface area (Å²) in [5.41, 5.74) is 8.14. The van der Waals surface area contributed by atoms with Gasteiger partial charge in [0.05, 0.1) is 0 Å². The highest BCUT2D eigenvalue weighted by atomic mass is 16.5. The predicted octanol–water partition coefficient (Wildman–Crippen LogP) is 1.74. The largest absolute Gasteiger partial charge is 0.456 e. The van der Waals surface area contributed by atoms with Gasteiger partial charge in [-0.3, -0.25) is 9.59 Å². The molecule has 1 amide bonds. The second-order valence-electron chi connectivity index (χ2n) is 8.04. The quantitative estimate of drug-likeness (QED) is 0.705. The predicted molar refractivity (Wildman–Crippen MR) is 108 cm³/mol. The fraction of sp³-hybridized carbons (Fsp3) is 0.650. The van der Waals surface area contributed by atoms with Gasteiger partial charge in [-0.15, -0.1) is 5.10 Å². The van der Waals surface area contributed by atoms with E-state index in [1.54, 1.807) is 4.52 Å². The zero-order chi connectivity index (χ0) is 21.1. The van der Waals surface area contributed by atoms with Crippen LogP contribution in [0.2, 0.25) is 0 Å². The highest BCUT2D eigenvalue weighted by Crippen LogP contribution is 2.29. The van der Waals surface area contributed by atoms with E-state index in [9.17, 15) is 9.59 Å². The van der Waals surface area contributed by atoms with Crippen LogP contribution in [0.1, 0.15) is 56.5 Å². The van der Waals surface area contributed by atoms with Crippen molar-refractivity contribution < 1.29 is 14.3 Å². The summed E-state index contributed by atoms with van der Waals surface area (Å²) in [4.78, 5) is 32.8. The molecular weight excluding hydrogens is 372 g/mol. The lowest BCUT2D eigenvalue weighted by Gasteiger charge is -2.34. The number of carbonyl (C=O) groups excluding carboxylic acids is 2. The Morgan fingerprint density at radius 1 is 1.24 bits per heavy atom. The number of rotatable bonds is 6. The molecule has 9 heteroatoms. The number of amides is 1. The van der Waals surface area contributed by atoms with E-state index in [0.717, 1.165) is 29.8 Å². The summed E-state index contributed by atoms with van der Waals surface area (Å²) in [5, 5.41) is 7.13. The topological polar surface area (TPSA) is 124 Å². The molecule has 0 bridgehead atoms. The number of aromatic nitrogens is 4. The molecule has 1 fully saturated rings. The number of fused-ring (bicyclic) bond motifs is 1. The molecule has 2 aromatic heterocycles. The molecule has 158 valence electrons. The summed E-state index contributed by atoms with van der Waals surface area (Å²) in [6, 6.07) is 0.156. The van der Waals surface area contributed by atoms with Crippen LogP contribution >= 0.6 is 0 Å². The van der Waals surface area contributed by atoms with Crippen LogP contribution in [0.3, 0.4) is 0 Å². The Balaban J connectivity index is 1.50. The molecule has 2 aromatic rings. The van der Waals surface area contributed by atoms with Gasteiger partial charge in [-0.05, 0) is 44.1 Å². The summed E-state index contributed by atoms with van der Waals surface area (Å²) in [6.07, 6.45) is 3.89. The van der Waals surface area contributed by atoms with Gasteiger partial charge in [-0.1, -0.05) is 26.7 Å². The highest BCUT2D eigenvalue weighted by Gasteiger charge is 2.28. The minimum absolute atomic E-state index is 0.156. The third-order valence-electron chi connectivity index (χ3n) is 6.06. The van der Waals surface area contributed by atoms with Crippen LogP contribution in [-0.4, -0.2) is 44.1 Å². The molecule has 1 saturated carbocycles. The summed E-state index contributed by atoms with van der Waals surface area (Å²) < 4.78 is 6.75. The second kappa shape index (κ2) is 8.75. The Bertz CT molecular complexity index is 909. The number of hydrogen-bond acceptors (Lipinski definition) is 7. The van der Waals surface area contributed by atoms with E-state index in [2.05, 4.69) is 34.2 Å². The summed E-state index contributed by atoms with van der Waals surface area (Å²) in [5.74, 6) is 0.966. The molecule has 3 atom stereocenters. The molecule has 1 aliphatic carbocycles. The zero-order valence-electron chi connectivity index (χ0n) is 17.6. The molecule has 3 rings (SSSR count). The van der Waals surface area contributed by atoms with Crippen LogP contribution in [0.15, 0.2) is 0 Å². The van der Waals surface area contributed by atoms with Gasteiger partial charge in [0.1, 0.15) is 0 Å². The normalized spacial score (nSPS) is 21.9. The second-order valence-corrected chi connectivity index (χ2v) is 8.04. The molecule has 29 heavy (non-hydrogen) atoms. The van der Waals surface area contributed by atoms with Gasteiger partial charge < -0.3 is 15.8 Å². The average Bonchev–Trinajstić information content (AvgIpc) is 3.04. The average molecular weight is 402 g/mol. The van der Waals surface area contributed by atoms with Crippen molar-refractivity contribution in [1.82, 2.24) is 24.9 Å². The number of hydrogen-bond donors (Lipinski definition) is 2. The van der Waals surface area contributed by atoms with E-state index >= 15 is 0 Å². The molecule has 0 aliphatic heterocycles. The lowest BCUT2D eigenvalue weighted by molar-refractivity contribution is -0.148.